The van der Waals surface area contributed by atoms with Crippen LogP contribution in [0.5, 0.6) is 0 Å². The second-order valence-corrected chi connectivity index (χ2v) is 8.51. The van der Waals surface area contributed by atoms with E-state index in [9.17, 15) is 4.79 Å². The van der Waals surface area contributed by atoms with E-state index in [1.807, 2.05) is 18.2 Å². The van der Waals surface area contributed by atoms with Gasteiger partial charge >= 0.3 is 5.97 Å². The Morgan fingerprint density at radius 1 is 0.655 bits per heavy atom. The summed E-state index contributed by atoms with van der Waals surface area (Å²) in [5.41, 5.74) is 1.29. The minimum atomic E-state index is -0.0358. The Bertz CT molecular complexity index is 469. The molecule has 0 spiro atoms. The minimum Gasteiger partial charge on any atom is -0.466 e. The van der Waals surface area contributed by atoms with Gasteiger partial charge in [0.15, 0.2) is 0 Å². The van der Waals surface area contributed by atoms with E-state index in [1.54, 1.807) is 0 Å². The molecular formula is C27H46O2. The third-order valence-corrected chi connectivity index (χ3v) is 5.70. The van der Waals surface area contributed by atoms with Crippen molar-refractivity contribution in [2.45, 2.75) is 122 Å². The number of hydrogen-bond acceptors (Lipinski definition) is 2. The first-order valence-corrected chi connectivity index (χ1v) is 12.5. The van der Waals surface area contributed by atoms with Crippen LogP contribution in [0.3, 0.4) is 0 Å². The largest absolute Gasteiger partial charge is 0.466 e. The van der Waals surface area contributed by atoms with Gasteiger partial charge in [-0.15, -0.1) is 0 Å². The molecule has 2 nitrogen and oxygen atoms in total. The molecule has 0 atom stereocenters. The molecule has 0 aromatic heterocycles. The number of unbranched alkanes of at least 4 members (excludes halogenated alkanes) is 14. The molecule has 0 heterocycles. The lowest BCUT2D eigenvalue weighted by atomic mass is 10.0. The van der Waals surface area contributed by atoms with Crippen LogP contribution in [0.1, 0.15) is 122 Å². The number of carbonyl (C=O) groups is 1. The summed E-state index contributed by atoms with van der Waals surface area (Å²) in [6.07, 6.45) is 22.7. The van der Waals surface area contributed by atoms with Crippen molar-refractivity contribution < 1.29 is 9.53 Å². The van der Waals surface area contributed by atoms with E-state index in [1.165, 1.54) is 95.5 Å². The van der Waals surface area contributed by atoms with Gasteiger partial charge in [-0.2, -0.15) is 0 Å². The number of esters is 1. The highest BCUT2D eigenvalue weighted by Gasteiger charge is 2.03. The molecule has 0 unspecified atom stereocenters. The molecule has 29 heavy (non-hydrogen) atoms. The zero-order chi connectivity index (χ0) is 20.8. The van der Waals surface area contributed by atoms with E-state index in [2.05, 4.69) is 19.1 Å². The number of aryl methyl sites for hydroxylation is 1. The van der Waals surface area contributed by atoms with Gasteiger partial charge in [-0.05, 0) is 24.8 Å². The Kier molecular flexibility index (Phi) is 17.7. The molecule has 0 radical (unpaired) electrons. The van der Waals surface area contributed by atoms with Gasteiger partial charge in [-0.25, -0.2) is 0 Å². The Labute approximate surface area is 180 Å². The average Bonchev–Trinajstić information content (AvgIpc) is 2.74. The van der Waals surface area contributed by atoms with Gasteiger partial charge in [-0.3, -0.25) is 4.79 Å². The highest BCUT2D eigenvalue weighted by Crippen LogP contribution is 2.13. The predicted molar refractivity (Wildman–Crippen MR) is 125 cm³/mol. The number of ether oxygens (including phenoxy) is 1. The third-order valence-electron chi connectivity index (χ3n) is 5.70. The topological polar surface area (TPSA) is 26.3 Å². The van der Waals surface area contributed by atoms with Crippen LogP contribution in [0.15, 0.2) is 30.3 Å². The van der Waals surface area contributed by atoms with Crippen molar-refractivity contribution in [3.8, 4) is 0 Å². The van der Waals surface area contributed by atoms with Crippen molar-refractivity contribution in [2.24, 2.45) is 0 Å². The van der Waals surface area contributed by atoms with Gasteiger partial charge < -0.3 is 4.74 Å². The van der Waals surface area contributed by atoms with E-state index in [4.69, 9.17) is 4.74 Å². The van der Waals surface area contributed by atoms with Crippen LogP contribution in [0.25, 0.3) is 0 Å². The molecule has 1 aromatic carbocycles. The summed E-state index contributed by atoms with van der Waals surface area (Å²) in [6, 6.07) is 10.3. The molecule has 2 heteroatoms. The Morgan fingerprint density at radius 3 is 1.66 bits per heavy atom. The summed E-state index contributed by atoms with van der Waals surface area (Å²) in [5, 5.41) is 0. The van der Waals surface area contributed by atoms with E-state index in [-0.39, 0.29) is 5.97 Å². The summed E-state index contributed by atoms with van der Waals surface area (Å²) < 4.78 is 5.35. The third kappa shape index (κ3) is 17.3. The van der Waals surface area contributed by atoms with Gasteiger partial charge in [0.25, 0.3) is 0 Å². The van der Waals surface area contributed by atoms with Crippen LogP contribution < -0.4 is 0 Å². The second kappa shape index (κ2) is 20.0. The van der Waals surface area contributed by atoms with Crippen molar-refractivity contribution in [1.82, 2.24) is 0 Å². The number of carbonyl (C=O) groups excluding carboxylic acids is 1. The van der Waals surface area contributed by atoms with Gasteiger partial charge in [0.05, 0.1) is 6.61 Å². The van der Waals surface area contributed by atoms with Gasteiger partial charge in [-0.1, -0.05) is 127 Å². The SMILES string of the molecule is CCCCCCCCCCCCCCCCCOC(=O)CCCc1ccccc1. The average molecular weight is 403 g/mol. The minimum absolute atomic E-state index is 0.0358. The van der Waals surface area contributed by atoms with Crippen LogP contribution in [-0.4, -0.2) is 12.6 Å². The molecule has 1 aromatic rings. The number of hydrogen-bond donors (Lipinski definition) is 0. The molecule has 0 saturated carbocycles. The normalized spacial score (nSPS) is 10.9. The Morgan fingerprint density at radius 2 is 1.14 bits per heavy atom. The van der Waals surface area contributed by atoms with Gasteiger partial charge in [0.1, 0.15) is 0 Å². The van der Waals surface area contributed by atoms with Crippen molar-refractivity contribution in [2.75, 3.05) is 6.61 Å². The smallest absolute Gasteiger partial charge is 0.305 e. The summed E-state index contributed by atoms with van der Waals surface area (Å²) in [6.45, 7) is 2.88. The zero-order valence-electron chi connectivity index (χ0n) is 19.1. The molecular weight excluding hydrogens is 356 g/mol. The highest BCUT2D eigenvalue weighted by atomic mass is 16.5. The highest BCUT2D eigenvalue weighted by molar-refractivity contribution is 5.69. The maximum Gasteiger partial charge on any atom is 0.305 e. The first-order chi connectivity index (χ1) is 14.3. The molecule has 0 aliphatic heterocycles. The first-order valence-electron chi connectivity index (χ1n) is 12.5. The standard InChI is InChI=1S/C27H46O2/c1-2-3-4-5-6-7-8-9-10-11-12-13-14-15-19-25-29-27(28)24-20-23-26-21-17-16-18-22-26/h16-18,21-22H,2-15,19-20,23-25H2,1H3. The lowest BCUT2D eigenvalue weighted by molar-refractivity contribution is -0.143. The molecule has 0 aliphatic carbocycles. The molecule has 0 amide bonds. The molecule has 166 valence electrons. The molecule has 0 bridgehead atoms. The maximum absolute atomic E-state index is 11.8. The molecule has 0 aliphatic rings. The van der Waals surface area contributed by atoms with Crippen LogP contribution >= 0.6 is 0 Å². The number of benzene rings is 1. The van der Waals surface area contributed by atoms with Gasteiger partial charge in [0, 0.05) is 6.42 Å². The van der Waals surface area contributed by atoms with Crippen molar-refractivity contribution in [3.63, 3.8) is 0 Å². The lowest BCUT2D eigenvalue weighted by Gasteiger charge is -2.05. The molecule has 1 rings (SSSR count). The predicted octanol–water partition coefficient (Wildman–Crippen LogP) is 8.42. The zero-order valence-corrected chi connectivity index (χ0v) is 19.1. The van der Waals surface area contributed by atoms with Crippen molar-refractivity contribution in [1.29, 1.82) is 0 Å². The van der Waals surface area contributed by atoms with Crippen LogP contribution in [-0.2, 0) is 16.0 Å². The fourth-order valence-electron chi connectivity index (χ4n) is 3.81. The summed E-state index contributed by atoms with van der Waals surface area (Å²) in [4.78, 5) is 11.8. The molecule has 0 N–H and O–H groups in total. The Hall–Kier alpha value is -1.31. The fourth-order valence-corrected chi connectivity index (χ4v) is 3.81. The molecule has 0 saturated heterocycles. The van der Waals surface area contributed by atoms with E-state index in [0.717, 1.165) is 19.3 Å². The lowest BCUT2D eigenvalue weighted by Crippen LogP contribution is -2.06. The van der Waals surface area contributed by atoms with Crippen molar-refractivity contribution >= 4 is 5.97 Å². The van der Waals surface area contributed by atoms with E-state index < -0.39 is 0 Å². The summed E-state index contributed by atoms with van der Waals surface area (Å²) >= 11 is 0. The summed E-state index contributed by atoms with van der Waals surface area (Å²) in [5.74, 6) is -0.0358. The fraction of sp³-hybridized carbons (Fsp3) is 0.741. The monoisotopic (exact) mass is 402 g/mol. The van der Waals surface area contributed by atoms with Crippen molar-refractivity contribution in [3.05, 3.63) is 35.9 Å². The van der Waals surface area contributed by atoms with E-state index >= 15 is 0 Å². The Balaban J connectivity index is 1.75. The molecule has 0 fully saturated rings. The van der Waals surface area contributed by atoms with Crippen LogP contribution in [0.4, 0.5) is 0 Å². The summed E-state index contributed by atoms with van der Waals surface area (Å²) in [7, 11) is 0. The maximum atomic E-state index is 11.8. The quantitative estimate of drug-likeness (QED) is 0.161. The second-order valence-electron chi connectivity index (χ2n) is 8.51. The van der Waals surface area contributed by atoms with Gasteiger partial charge in [0.2, 0.25) is 0 Å². The van der Waals surface area contributed by atoms with Crippen LogP contribution in [0.2, 0.25) is 0 Å². The number of rotatable bonds is 20. The van der Waals surface area contributed by atoms with Crippen LogP contribution in [0, 0.1) is 0 Å². The van der Waals surface area contributed by atoms with E-state index in [0.29, 0.717) is 13.0 Å². The first kappa shape index (κ1) is 25.7.